The molecular formula is C15H19N3. The molecule has 0 saturated carbocycles. The molecule has 0 bridgehead atoms. The van der Waals surface area contributed by atoms with Crippen LogP contribution in [0.5, 0.6) is 0 Å². The summed E-state index contributed by atoms with van der Waals surface area (Å²) < 4.78 is 0. The van der Waals surface area contributed by atoms with Crippen LogP contribution in [0.2, 0.25) is 0 Å². The van der Waals surface area contributed by atoms with Crippen LogP contribution in [0.25, 0.3) is 0 Å². The SMILES string of the molecule is Cc1cc(C(CCc2ccccc2)NN)ccn1. The summed E-state index contributed by atoms with van der Waals surface area (Å²) in [6.45, 7) is 1.99. The first kappa shape index (κ1) is 12.7. The smallest absolute Gasteiger partial charge is 0.0464 e. The molecule has 1 unspecified atom stereocenters. The van der Waals surface area contributed by atoms with E-state index in [9.17, 15) is 0 Å². The fraction of sp³-hybridized carbons (Fsp3) is 0.267. The molecule has 0 aliphatic rings. The highest BCUT2D eigenvalue weighted by molar-refractivity contribution is 5.20. The van der Waals surface area contributed by atoms with Crippen LogP contribution in [0.15, 0.2) is 48.7 Å². The van der Waals surface area contributed by atoms with Crippen molar-refractivity contribution in [1.29, 1.82) is 0 Å². The quantitative estimate of drug-likeness (QED) is 0.624. The summed E-state index contributed by atoms with van der Waals surface area (Å²) in [4.78, 5) is 4.21. The summed E-state index contributed by atoms with van der Waals surface area (Å²) >= 11 is 0. The minimum atomic E-state index is 0.173. The highest BCUT2D eigenvalue weighted by Gasteiger charge is 2.09. The molecule has 0 saturated heterocycles. The predicted molar refractivity (Wildman–Crippen MR) is 73.8 cm³/mol. The number of aryl methyl sites for hydroxylation is 2. The summed E-state index contributed by atoms with van der Waals surface area (Å²) in [6, 6.07) is 14.7. The minimum absolute atomic E-state index is 0.173. The molecule has 3 heteroatoms. The Morgan fingerprint density at radius 2 is 2.00 bits per heavy atom. The summed E-state index contributed by atoms with van der Waals surface area (Å²) in [5, 5.41) is 0. The predicted octanol–water partition coefficient (Wildman–Crippen LogP) is 2.53. The summed E-state index contributed by atoms with van der Waals surface area (Å²) in [5.41, 5.74) is 6.44. The van der Waals surface area contributed by atoms with Crippen LogP contribution in [0.4, 0.5) is 0 Å². The third kappa shape index (κ3) is 3.39. The Morgan fingerprint density at radius 1 is 1.22 bits per heavy atom. The van der Waals surface area contributed by atoms with Crippen molar-refractivity contribution in [3.63, 3.8) is 0 Å². The van der Waals surface area contributed by atoms with Gasteiger partial charge in [0.15, 0.2) is 0 Å². The van der Waals surface area contributed by atoms with Crippen molar-refractivity contribution in [2.24, 2.45) is 5.84 Å². The molecule has 2 rings (SSSR count). The number of rotatable bonds is 5. The number of nitrogens with one attached hydrogen (secondary N) is 1. The number of hydrazine groups is 1. The van der Waals surface area contributed by atoms with E-state index in [1.54, 1.807) is 0 Å². The van der Waals surface area contributed by atoms with Gasteiger partial charge in [0, 0.05) is 17.9 Å². The zero-order chi connectivity index (χ0) is 12.8. The highest BCUT2D eigenvalue weighted by atomic mass is 15.2. The molecule has 1 atom stereocenters. The number of nitrogens with zero attached hydrogens (tertiary/aromatic N) is 1. The van der Waals surface area contributed by atoms with Gasteiger partial charge in [0.2, 0.25) is 0 Å². The number of pyridine rings is 1. The molecule has 1 heterocycles. The van der Waals surface area contributed by atoms with Crippen LogP contribution in [-0.2, 0) is 6.42 Å². The Kier molecular flexibility index (Phi) is 4.45. The lowest BCUT2D eigenvalue weighted by molar-refractivity contribution is 0.515. The van der Waals surface area contributed by atoms with E-state index < -0.39 is 0 Å². The van der Waals surface area contributed by atoms with Crippen molar-refractivity contribution < 1.29 is 0 Å². The van der Waals surface area contributed by atoms with E-state index in [2.05, 4.69) is 40.7 Å². The molecule has 0 aliphatic carbocycles. The maximum absolute atomic E-state index is 5.65. The second kappa shape index (κ2) is 6.28. The second-order valence-corrected chi connectivity index (χ2v) is 4.47. The third-order valence-electron chi connectivity index (χ3n) is 3.09. The van der Waals surface area contributed by atoms with E-state index >= 15 is 0 Å². The number of nitrogens with two attached hydrogens (primary N) is 1. The lowest BCUT2D eigenvalue weighted by Gasteiger charge is -2.16. The van der Waals surface area contributed by atoms with Gasteiger partial charge >= 0.3 is 0 Å². The van der Waals surface area contributed by atoms with Crippen LogP contribution in [-0.4, -0.2) is 4.98 Å². The number of aromatic nitrogens is 1. The fourth-order valence-corrected chi connectivity index (χ4v) is 2.09. The van der Waals surface area contributed by atoms with Crippen molar-refractivity contribution in [2.45, 2.75) is 25.8 Å². The molecule has 0 aliphatic heterocycles. The standard InChI is InChI=1S/C15H19N3/c1-12-11-14(9-10-17-12)15(18-16)8-7-13-5-3-2-4-6-13/h2-6,9-11,15,18H,7-8,16H2,1H3. The zero-order valence-corrected chi connectivity index (χ0v) is 10.6. The molecule has 0 fully saturated rings. The monoisotopic (exact) mass is 241 g/mol. The molecule has 0 radical (unpaired) electrons. The van der Waals surface area contributed by atoms with Crippen LogP contribution < -0.4 is 11.3 Å². The van der Waals surface area contributed by atoms with Crippen LogP contribution in [0.3, 0.4) is 0 Å². The average Bonchev–Trinajstić information content (AvgIpc) is 2.41. The Labute approximate surface area is 108 Å². The van der Waals surface area contributed by atoms with Gasteiger partial charge in [0.1, 0.15) is 0 Å². The molecule has 0 amide bonds. The molecule has 0 spiro atoms. The van der Waals surface area contributed by atoms with Crippen molar-refractivity contribution in [1.82, 2.24) is 10.4 Å². The highest BCUT2D eigenvalue weighted by Crippen LogP contribution is 2.18. The van der Waals surface area contributed by atoms with Gasteiger partial charge in [-0.25, -0.2) is 0 Å². The number of benzene rings is 1. The van der Waals surface area contributed by atoms with Crippen molar-refractivity contribution in [2.75, 3.05) is 0 Å². The zero-order valence-electron chi connectivity index (χ0n) is 10.6. The Bertz CT molecular complexity index is 482. The largest absolute Gasteiger partial charge is 0.271 e. The van der Waals surface area contributed by atoms with Gasteiger partial charge < -0.3 is 0 Å². The van der Waals surface area contributed by atoms with E-state index in [-0.39, 0.29) is 6.04 Å². The molecule has 18 heavy (non-hydrogen) atoms. The third-order valence-corrected chi connectivity index (χ3v) is 3.09. The van der Waals surface area contributed by atoms with Crippen LogP contribution in [0, 0.1) is 6.92 Å². The molecule has 2 aromatic rings. The Balaban J connectivity index is 2.02. The van der Waals surface area contributed by atoms with E-state index in [1.165, 1.54) is 11.1 Å². The van der Waals surface area contributed by atoms with Gasteiger partial charge in [-0.3, -0.25) is 16.3 Å². The first-order chi connectivity index (χ1) is 8.79. The van der Waals surface area contributed by atoms with Crippen LogP contribution in [0.1, 0.15) is 29.3 Å². The maximum Gasteiger partial charge on any atom is 0.0464 e. The van der Waals surface area contributed by atoms with E-state index in [4.69, 9.17) is 5.84 Å². The van der Waals surface area contributed by atoms with E-state index in [1.807, 2.05) is 25.3 Å². The van der Waals surface area contributed by atoms with Crippen molar-refractivity contribution in [3.8, 4) is 0 Å². The summed E-state index contributed by atoms with van der Waals surface area (Å²) in [7, 11) is 0. The van der Waals surface area contributed by atoms with Crippen LogP contribution >= 0.6 is 0 Å². The van der Waals surface area contributed by atoms with Gasteiger partial charge in [-0.05, 0) is 43.0 Å². The second-order valence-electron chi connectivity index (χ2n) is 4.47. The molecule has 94 valence electrons. The normalized spacial score (nSPS) is 12.3. The topological polar surface area (TPSA) is 50.9 Å². The van der Waals surface area contributed by atoms with Gasteiger partial charge in [-0.1, -0.05) is 30.3 Å². The minimum Gasteiger partial charge on any atom is -0.271 e. The Morgan fingerprint density at radius 3 is 2.67 bits per heavy atom. The summed E-state index contributed by atoms with van der Waals surface area (Å²) in [6.07, 6.45) is 3.82. The molecule has 1 aromatic carbocycles. The van der Waals surface area contributed by atoms with Crippen molar-refractivity contribution in [3.05, 3.63) is 65.5 Å². The van der Waals surface area contributed by atoms with Gasteiger partial charge in [0.25, 0.3) is 0 Å². The maximum atomic E-state index is 5.65. The molecule has 1 aromatic heterocycles. The lowest BCUT2D eigenvalue weighted by Crippen LogP contribution is -2.28. The average molecular weight is 241 g/mol. The Hall–Kier alpha value is -1.71. The first-order valence-corrected chi connectivity index (χ1v) is 6.22. The molecular weight excluding hydrogens is 222 g/mol. The number of hydrogen-bond donors (Lipinski definition) is 2. The van der Waals surface area contributed by atoms with Gasteiger partial charge in [-0.2, -0.15) is 0 Å². The lowest BCUT2D eigenvalue weighted by atomic mass is 10.00. The van der Waals surface area contributed by atoms with E-state index in [0.717, 1.165) is 18.5 Å². The molecule has 3 nitrogen and oxygen atoms in total. The number of hydrogen-bond acceptors (Lipinski definition) is 3. The first-order valence-electron chi connectivity index (χ1n) is 6.22. The van der Waals surface area contributed by atoms with Gasteiger partial charge in [-0.15, -0.1) is 0 Å². The summed E-state index contributed by atoms with van der Waals surface area (Å²) in [5.74, 6) is 5.65. The van der Waals surface area contributed by atoms with Crippen molar-refractivity contribution >= 4 is 0 Å². The van der Waals surface area contributed by atoms with Gasteiger partial charge in [0.05, 0.1) is 0 Å². The molecule has 3 N–H and O–H groups in total. The van der Waals surface area contributed by atoms with E-state index in [0.29, 0.717) is 0 Å². The fourth-order valence-electron chi connectivity index (χ4n) is 2.09.